The van der Waals surface area contributed by atoms with E-state index in [1.54, 1.807) is 6.33 Å². The Hall–Kier alpha value is -2.16. The number of rotatable bonds is 5. The summed E-state index contributed by atoms with van der Waals surface area (Å²) in [7, 11) is 1.87. The zero-order chi connectivity index (χ0) is 15.0. The summed E-state index contributed by atoms with van der Waals surface area (Å²) in [5, 5.41) is 14.7. The Morgan fingerprint density at radius 3 is 2.95 bits per heavy atom. The molecule has 2 aromatic rings. The number of nitrogens with one attached hydrogen (secondary N) is 2. The molecule has 21 heavy (non-hydrogen) atoms. The van der Waals surface area contributed by atoms with Crippen molar-refractivity contribution >= 4 is 28.3 Å². The van der Waals surface area contributed by atoms with E-state index in [2.05, 4.69) is 25.2 Å². The lowest BCUT2D eigenvalue weighted by Gasteiger charge is -2.14. The summed E-state index contributed by atoms with van der Waals surface area (Å²) in [5.41, 5.74) is 6.25. The second-order valence-electron chi connectivity index (χ2n) is 5.19. The molecular formula is C12H17N7OS. The van der Waals surface area contributed by atoms with Crippen LogP contribution in [0, 0.1) is 0 Å². The predicted molar refractivity (Wildman–Crippen MR) is 80.1 cm³/mol. The first-order valence-corrected chi connectivity index (χ1v) is 7.50. The molecule has 1 saturated carbocycles. The normalized spacial score (nSPS) is 15.7. The first kappa shape index (κ1) is 13.8. The summed E-state index contributed by atoms with van der Waals surface area (Å²) in [6.07, 6.45) is 3.69. The fourth-order valence-corrected chi connectivity index (χ4v) is 2.85. The maximum absolute atomic E-state index is 12.2. The van der Waals surface area contributed by atoms with Gasteiger partial charge in [-0.3, -0.25) is 4.79 Å². The molecule has 1 aliphatic carbocycles. The van der Waals surface area contributed by atoms with Crippen LogP contribution in [0.3, 0.4) is 0 Å². The van der Waals surface area contributed by atoms with E-state index in [9.17, 15) is 4.79 Å². The van der Waals surface area contributed by atoms with E-state index in [-0.39, 0.29) is 23.8 Å². The number of hydrogen-bond acceptors (Lipinski definition) is 7. The van der Waals surface area contributed by atoms with Gasteiger partial charge in [0.15, 0.2) is 11.6 Å². The fraction of sp³-hybridized carbons (Fsp3) is 0.500. The lowest BCUT2D eigenvalue weighted by Crippen LogP contribution is -2.26. The first-order chi connectivity index (χ1) is 10.1. The molecule has 1 amide bonds. The Morgan fingerprint density at radius 2 is 2.33 bits per heavy atom. The van der Waals surface area contributed by atoms with E-state index in [4.69, 9.17) is 5.73 Å². The molecule has 0 radical (unpaired) electrons. The van der Waals surface area contributed by atoms with Crippen LogP contribution in [-0.4, -0.2) is 31.1 Å². The van der Waals surface area contributed by atoms with Gasteiger partial charge in [0.05, 0.1) is 6.04 Å². The number of anilines is 2. The van der Waals surface area contributed by atoms with Gasteiger partial charge in [-0.1, -0.05) is 0 Å². The minimum Gasteiger partial charge on any atom is -0.382 e. The third kappa shape index (κ3) is 2.82. The summed E-state index contributed by atoms with van der Waals surface area (Å²) in [4.78, 5) is 12.2. The molecule has 112 valence electrons. The molecule has 1 unspecified atom stereocenters. The van der Waals surface area contributed by atoms with Gasteiger partial charge < -0.3 is 20.9 Å². The molecule has 0 aliphatic heterocycles. The van der Waals surface area contributed by atoms with Crippen molar-refractivity contribution in [1.29, 1.82) is 0 Å². The molecule has 1 fully saturated rings. The second-order valence-corrected chi connectivity index (χ2v) is 5.96. The van der Waals surface area contributed by atoms with Gasteiger partial charge in [-0.15, -0.1) is 10.2 Å². The summed E-state index contributed by atoms with van der Waals surface area (Å²) in [6, 6.07) is 0.172. The van der Waals surface area contributed by atoms with E-state index in [0.29, 0.717) is 10.6 Å². The van der Waals surface area contributed by atoms with Crippen LogP contribution in [0.15, 0.2) is 6.33 Å². The topological polar surface area (TPSA) is 111 Å². The van der Waals surface area contributed by atoms with Crippen molar-refractivity contribution in [1.82, 2.24) is 24.5 Å². The maximum atomic E-state index is 12.2. The molecule has 9 heteroatoms. The molecule has 8 nitrogen and oxygen atoms in total. The molecule has 0 aromatic carbocycles. The van der Waals surface area contributed by atoms with Crippen molar-refractivity contribution in [2.24, 2.45) is 7.05 Å². The summed E-state index contributed by atoms with van der Waals surface area (Å²) in [5.74, 6) is 0.859. The Morgan fingerprint density at radius 1 is 1.57 bits per heavy atom. The Bertz CT molecular complexity index is 660. The quantitative estimate of drug-likeness (QED) is 0.757. The van der Waals surface area contributed by atoms with Gasteiger partial charge in [0.2, 0.25) is 0 Å². The highest BCUT2D eigenvalue weighted by molar-refractivity contribution is 7.11. The highest BCUT2D eigenvalue weighted by Crippen LogP contribution is 2.30. The van der Waals surface area contributed by atoms with Crippen LogP contribution in [0.4, 0.5) is 10.8 Å². The van der Waals surface area contributed by atoms with E-state index >= 15 is 0 Å². The van der Waals surface area contributed by atoms with Crippen LogP contribution in [0.25, 0.3) is 0 Å². The SMILES string of the molecule is CC(Nc1snc(N)c1C(=O)NC1CC1)c1nncn1C. The van der Waals surface area contributed by atoms with Gasteiger partial charge in [0.1, 0.15) is 16.9 Å². The van der Waals surface area contributed by atoms with Crippen LogP contribution in [0.2, 0.25) is 0 Å². The summed E-state index contributed by atoms with van der Waals surface area (Å²) < 4.78 is 5.90. The first-order valence-electron chi connectivity index (χ1n) is 6.72. The number of nitrogen functional groups attached to an aromatic ring is 1. The number of amides is 1. The molecule has 2 heterocycles. The molecule has 1 aliphatic rings. The van der Waals surface area contributed by atoms with Gasteiger partial charge >= 0.3 is 0 Å². The number of nitrogens with two attached hydrogens (primary N) is 1. The molecule has 0 bridgehead atoms. The van der Waals surface area contributed by atoms with Crippen LogP contribution in [-0.2, 0) is 7.05 Å². The third-order valence-corrected chi connectivity index (χ3v) is 4.13. The number of carbonyl (C=O) groups excluding carboxylic acids is 1. The molecule has 2 aromatic heterocycles. The molecule has 3 rings (SSSR count). The lowest BCUT2D eigenvalue weighted by molar-refractivity contribution is 0.0953. The largest absolute Gasteiger partial charge is 0.382 e. The minimum atomic E-state index is -0.170. The van der Waals surface area contributed by atoms with Gasteiger partial charge in [-0.2, -0.15) is 4.37 Å². The molecule has 0 spiro atoms. The second kappa shape index (κ2) is 5.32. The van der Waals surface area contributed by atoms with E-state index in [0.717, 1.165) is 18.7 Å². The van der Waals surface area contributed by atoms with E-state index < -0.39 is 0 Å². The number of aryl methyl sites for hydroxylation is 1. The molecule has 0 saturated heterocycles. The van der Waals surface area contributed by atoms with Gasteiger partial charge in [-0.25, -0.2) is 0 Å². The zero-order valence-corrected chi connectivity index (χ0v) is 12.6. The van der Waals surface area contributed by atoms with Gasteiger partial charge in [0, 0.05) is 13.1 Å². The van der Waals surface area contributed by atoms with Crippen molar-refractivity contribution in [2.45, 2.75) is 31.8 Å². The minimum absolute atomic E-state index is 0.107. The summed E-state index contributed by atoms with van der Waals surface area (Å²) >= 11 is 1.18. The summed E-state index contributed by atoms with van der Waals surface area (Å²) in [6.45, 7) is 1.95. The number of nitrogens with zero attached hydrogens (tertiary/aromatic N) is 4. The highest BCUT2D eigenvalue weighted by Gasteiger charge is 2.28. The lowest BCUT2D eigenvalue weighted by atomic mass is 10.2. The highest BCUT2D eigenvalue weighted by atomic mass is 32.1. The van der Waals surface area contributed by atoms with Crippen molar-refractivity contribution < 1.29 is 4.79 Å². The third-order valence-electron chi connectivity index (χ3n) is 3.34. The molecule has 4 N–H and O–H groups in total. The van der Waals surface area contributed by atoms with Gasteiger partial charge in [0.25, 0.3) is 5.91 Å². The zero-order valence-electron chi connectivity index (χ0n) is 11.8. The van der Waals surface area contributed by atoms with Crippen molar-refractivity contribution in [3.63, 3.8) is 0 Å². The van der Waals surface area contributed by atoms with Crippen molar-refractivity contribution in [3.05, 3.63) is 17.7 Å². The Balaban J connectivity index is 1.79. The molecule has 1 atom stereocenters. The Kier molecular flexibility index (Phi) is 3.50. The fourth-order valence-electron chi connectivity index (χ4n) is 2.05. The van der Waals surface area contributed by atoms with Crippen LogP contribution < -0.4 is 16.4 Å². The Labute approximate surface area is 125 Å². The number of carbonyl (C=O) groups is 1. The van der Waals surface area contributed by atoms with Crippen molar-refractivity contribution in [3.8, 4) is 0 Å². The smallest absolute Gasteiger partial charge is 0.258 e. The van der Waals surface area contributed by atoms with E-state index in [1.807, 2.05) is 18.5 Å². The maximum Gasteiger partial charge on any atom is 0.258 e. The van der Waals surface area contributed by atoms with E-state index in [1.165, 1.54) is 11.5 Å². The molecular weight excluding hydrogens is 290 g/mol. The van der Waals surface area contributed by atoms with Crippen LogP contribution >= 0.6 is 11.5 Å². The predicted octanol–water partition coefficient (Wildman–Crippen LogP) is 0.919. The monoisotopic (exact) mass is 307 g/mol. The number of aromatic nitrogens is 4. The number of hydrogen-bond donors (Lipinski definition) is 3. The van der Waals surface area contributed by atoms with Crippen LogP contribution in [0.1, 0.15) is 42.0 Å². The average molecular weight is 307 g/mol. The van der Waals surface area contributed by atoms with Crippen molar-refractivity contribution in [2.75, 3.05) is 11.1 Å². The standard InChI is InChI=1S/C12H17N7OS/c1-6(10-17-14-5-19(10)2)15-12-8(9(13)18-21-12)11(20)16-7-3-4-7/h5-7,15H,3-4H2,1-2H3,(H2,13,18)(H,16,20). The van der Waals surface area contributed by atoms with Gasteiger partial charge in [-0.05, 0) is 31.3 Å². The average Bonchev–Trinajstić information content (AvgIpc) is 3.01. The van der Waals surface area contributed by atoms with Crippen LogP contribution in [0.5, 0.6) is 0 Å².